The van der Waals surface area contributed by atoms with Crippen molar-refractivity contribution in [3.8, 4) is 0 Å². The van der Waals surface area contributed by atoms with E-state index in [2.05, 4.69) is 22.5 Å². The third-order valence-corrected chi connectivity index (χ3v) is 5.91. The molecule has 1 aromatic heterocycles. The van der Waals surface area contributed by atoms with E-state index in [0.717, 1.165) is 24.7 Å². The highest BCUT2D eigenvalue weighted by atomic mass is 32.1. The minimum atomic E-state index is -0.209. The lowest BCUT2D eigenvalue weighted by Crippen LogP contribution is -2.19. The summed E-state index contributed by atoms with van der Waals surface area (Å²) in [4.78, 5) is 27.8. The molecule has 1 aliphatic rings. The average molecular weight is 406 g/mol. The molecule has 0 radical (unpaired) electrons. The molecule has 1 aliphatic heterocycles. The maximum atomic E-state index is 12.6. The maximum Gasteiger partial charge on any atom is 0.265 e. The van der Waals surface area contributed by atoms with E-state index in [1.54, 1.807) is 30.3 Å². The number of amides is 2. The number of benzene rings is 2. The average Bonchev–Trinajstić information content (AvgIpc) is 3.41. The van der Waals surface area contributed by atoms with Crippen LogP contribution in [0.4, 0.5) is 17.1 Å². The summed E-state index contributed by atoms with van der Waals surface area (Å²) in [6.07, 6.45) is 1.22. The number of carbonyl (C=O) groups is 2. The van der Waals surface area contributed by atoms with Gasteiger partial charge in [-0.2, -0.15) is 0 Å². The molecule has 5 nitrogen and oxygen atoms in total. The van der Waals surface area contributed by atoms with Gasteiger partial charge >= 0.3 is 0 Å². The summed E-state index contributed by atoms with van der Waals surface area (Å²) in [7, 11) is 0. The number of nitrogens with one attached hydrogen (secondary N) is 2. The van der Waals surface area contributed by atoms with Crippen molar-refractivity contribution in [1.29, 1.82) is 0 Å². The molecule has 6 heteroatoms. The highest BCUT2D eigenvalue weighted by Crippen LogP contribution is 2.25. The normalized spacial score (nSPS) is 15.9. The van der Waals surface area contributed by atoms with Gasteiger partial charge in [-0.15, -0.1) is 11.3 Å². The molecule has 2 aromatic carbocycles. The zero-order chi connectivity index (χ0) is 20.2. The second kappa shape index (κ2) is 8.49. The van der Waals surface area contributed by atoms with Crippen molar-refractivity contribution in [2.24, 2.45) is 5.92 Å². The number of carbonyl (C=O) groups excluding carboxylic acids is 2. The summed E-state index contributed by atoms with van der Waals surface area (Å²) in [5, 5.41) is 7.61. The maximum absolute atomic E-state index is 12.6. The molecule has 4 rings (SSSR count). The molecule has 1 unspecified atom stereocenters. The molecule has 1 saturated heterocycles. The molecule has 29 heavy (non-hydrogen) atoms. The Hall–Kier alpha value is -3.12. The Morgan fingerprint density at radius 1 is 0.966 bits per heavy atom. The van der Waals surface area contributed by atoms with Gasteiger partial charge in [-0.3, -0.25) is 9.59 Å². The van der Waals surface area contributed by atoms with E-state index in [4.69, 9.17) is 0 Å². The number of hydrogen-bond donors (Lipinski definition) is 2. The van der Waals surface area contributed by atoms with Crippen LogP contribution < -0.4 is 15.5 Å². The van der Waals surface area contributed by atoms with Crippen LogP contribution in [0.25, 0.3) is 0 Å². The first-order valence-electron chi connectivity index (χ1n) is 9.70. The van der Waals surface area contributed by atoms with E-state index in [1.165, 1.54) is 23.4 Å². The van der Waals surface area contributed by atoms with Crippen molar-refractivity contribution >= 4 is 40.2 Å². The van der Waals surface area contributed by atoms with Gasteiger partial charge in [0.1, 0.15) is 0 Å². The van der Waals surface area contributed by atoms with Gasteiger partial charge in [-0.25, -0.2) is 0 Å². The summed E-state index contributed by atoms with van der Waals surface area (Å²) in [6, 6.07) is 18.5. The van der Waals surface area contributed by atoms with Crippen LogP contribution in [-0.2, 0) is 0 Å². The van der Waals surface area contributed by atoms with E-state index >= 15 is 0 Å². The molecule has 3 aromatic rings. The molecule has 148 valence electrons. The predicted molar refractivity (Wildman–Crippen MR) is 119 cm³/mol. The Labute approximate surface area is 174 Å². The number of nitrogens with zero attached hydrogens (tertiary/aromatic N) is 1. The molecule has 0 bridgehead atoms. The van der Waals surface area contributed by atoms with Crippen LogP contribution in [0.3, 0.4) is 0 Å². The lowest BCUT2D eigenvalue weighted by Gasteiger charge is -2.18. The van der Waals surface area contributed by atoms with Crippen LogP contribution in [0.15, 0.2) is 66.0 Å². The summed E-state index contributed by atoms with van der Waals surface area (Å²) < 4.78 is 0. The Morgan fingerprint density at radius 2 is 1.76 bits per heavy atom. The molecule has 2 heterocycles. The van der Waals surface area contributed by atoms with E-state index in [-0.39, 0.29) is 11.8 Å². The smallest absolute Gasteiger partial charge is 0.265 e. The van der Waals surface area contributed by atoms with Crippen LogP contribution >= 0.6 is 11.3 Å². The van der Waals surface area contributed by atoms with Crippen LogP contribution in [0.2, 0.25) is 0 Å². The Bertz CT molecular complexity index is 999. The Morgan fingerprint density at radius 3 is 2.45 bits per heavy atom. The van der Waals surface area contributed by atoms with Gasteiger partial charge in [0, 0.05) is 35.7 Å². The number of hydrogen-bond acceptors (Lipinski definition) is 4. The fourth-order valence-corrected chi connectivity index (χ4v) is 4.09. The van der Waals surface area contributed by atoms with Gasteiger partial charge in [0.25, 0.3) is 11.8 Å². The van der Waals surface area contributed by atoms with Gasteiger partial charge < -0.3 is 15.5 Å². The molecule has 0 saturated carbocycles. The minimum Gasteiger partial charge on any atom is -0.371 e. The summed E-state index contributed by atoms with van der Waals surface area (Å²) in [5.41, 5.74) is 3.02. The molecule has 2 amide bonds. The van der Waals surface area contributed by atoms with E-state index in [1.807, 2.05) is 35.7 Å². The molecule has 1 atom stereocenters. The third-order valence-electron chi connectivity index (χ3n) is 5.04. The van der Waals surface area contributed by atoms with Crippen LogP contribution in [0.1, 0.15) is 33.4 Å². The first kappa shape index (κ1) is 19.2. The third kappa shape index (κ3) is 4.66. The monoisotopic (exact) mass is 405 g/mol. The number of rotatable bonds is 5. The Balaban J connectivity index is 1.40. The molecule has 2 N–H and O–H groups in total. The van der Waals surface area contributed by atoms with Crippen molar-refractivity contribution in [2.45, 2.75) is 13.3 Å². The second-order valence-corrected chi connectivity index (χ2v) is 8.30. The van der Waals surface area contributed by atoms with Gasteiger partial charge in [-0.1, -0.05) is 19.1 Å². The zero-order valence-electron chi connectivity index (χ0n) is 16.2. The molecule has 0 spiro atoms. The van der Waals surface area contributed by atoms with Gasteiger partial charge in [0.05, 0.1) is 4.88 Å². The van der Waals surface area contributed by atoms with Gasteiger partial charge in [0.15, 0.2) is 0 Å². The highest BCUT2D eigenvalue weighted by Gasteiger charge is 2.18. The van der Waals surface area contributed by atoms with E-state index in [0.29, 0.717) is 16.1 Å². The first-order chi connectivity index (χ1) is 14.1. The minimum absolute atomic E-state index is 0.177. The predicted octanol–water partition coefficient (Wildman–Crippen LogP) is 5.10. The van der Waals surface area contributed by atoms with Crippen LogP contribution in [0.5, 0.6) is 0 Å². The largest absolute Gasteiger partial charge is 0.371 e. The van der Waals surface area contributed by atoms with Crippen molar-refractivity contribution in [3.05, 3.63) is 76.5 Å². The fraction of sp³-hybridized carbons (Fsp3) is 0.217. The topological polar surface area (TPSA) is 61.4 Å². The second-order valence-electron chi connectivity index (χ2n) is 7.35. The number of thiophene rings is 1. The summed E-state index contributed by atoms with van der Waals surface area (Å²) >= 11 is 1.38. The lowest BCUT2D eigenvalue weighted by molar-refractivity contribution is 0.101. The first-order valence-corrected chi connectivity index (χ1v) is 10.6. The Kier molecular flexibility index (Phi) is 5.62. The van der Waals surface area contributed by atoms with Crippen LogP contribution in [-0.4, -0.2) is 24.9 Å². The van der Waals surface area contributed by atoms with E-state index in [9.17, 15) is 9.59 Å². The zero-order valence-corrected chi connectivity index (χ0v) is 17.0. The summed E-state index contributed by atoms with van der Waals surface area (Å²) in [5.74, 6) is 0.339. The number of anilines is 3. The van der Waals surface area contributed by atoms with Gasteiger partial charge in [0.2, 0.25) is 0 Å². The molecule has 1 fully saturated rings. The van der Waals surface area contributed by atoms with Crippen molar-refractivity contribution < 1.29 is 9.59 Å². The van der Waals surface area contributed by atoms with Crippen molar-refractivity contribution in [1.82, 2.24) is 0 Å². The lowest BCUT2D eigenvalue weighted by atomic mass is 10.1. The molecule has 0 aliphatic carbocycles. The van der Waals surface area contributed by atoms with Gasteiger partial charge in [-0.05, 0) is 66.2 Å². The summed E-state index contributed by atoms with van der Waals surface area (Å²) in [6.45, 7) is 4.43. The fourth-order valence-electron chi connectivity index (χ4n) is 3.47. The van der Waals surface area contributed by atoms with Crippen molar-refractivity contribution in [2.75, 3.05) is 28.6 Å². The molecular weight excluding hydrogens is 382 g/mol. The van der Waals surface area contributed by atoms with Crippen molar-refractivity contribution in [3.63, 3.8) is 0 Å². The van der Waals surface area contributed by atoms with E-state index < -0.39 is 0 Å². The quantitative estimate of drug-likeness (QED) is 0.621. The van der Waals surface area contributed by atoms with Crippen LogP contribution in [0, 0.1) is 5.92 Å². The SMILES string of the molecule is CC1CCN(c2ccc(NC(=O)c3cccc(NC(=O)c4cccs4)c3)cc2)C1. The molecular formula is C23H23N3O2S. The highest BCUT2D eigenvalue weighted by molar-refractivity contribution is 7.12. The standard InChI is InChI=1S/C23H23N3O2S/c1-16-11-12-26(15-16)20-9-7-18(8-10-20)24-22(27)17-4-2-5-19(14-17)25-23(28)21-6-3-13-29-21/h2-10,13-14,16H,11-12,15H2,1H3,(H,24,27)(H,25,28).